The summed E-state index contributed by atoms with van der Waals surface area (Å²) in [5.41, 5.74) is 7.57. The van der Waals surface area contributed by atoms with Crippen LogP contribution < -0.4 is 20.5 Å². The molecule has 0 aliphatic heterocycles. The van der Waals surface area contributed by atoms with Gasteiger partial charge in [-0.2, -0.15) is 0 Å². The van der Waals surface area contributed by atoms with Crippen LogP contribution in [0, 0.1) is 6.92 Å². The predicted molar refractivity (Wildman–Crippen MR) is 105 cm³/mol. The molecular weight excluding hydrogens is 342 g/mol. The Bertz CT molecular complexity index is 937. The molecule has 0 aliphatic rings. The minimum atomic E-state index is -0.311. The second-order valence-electron chi connectivity index (χ2n) is 5.88. The number of anilines is 2. The maximum Gasteiger partial charge on any atom is 0.259 e. The molecule has 0 atom stereocenters. The first kappa shape index (κ1) is 18.3. The van der Waals surface area contributed by atoms with Crippen LogP contribution in [0.5, 0.6) is 17.2 Å². The number of hydrogen-bond donors (Lipinski definition) is 2. The number of amides is 1. The number of aromatic nitrogens is 1. The molecule has 6 nitrogen and oxygen atoms in total. The number of carbonyl (C=O) groups excluding carboxylic acids is 1. The fraction of sp³-hybridized carbons (Fsp3) is 0.143. The van der Waals surface area contributed by atoms with Gasteiger partial charge in [0.1, 0.15) is 23.1 Å². The summed E-state index contributed by atoms with van der Waals surface area (Å²) < 4.78 is 11.3. The standard InChI is InChI=1S/C21H21N3O3/c1-3-26-16-7-5-9-18(13-16)27-17-8-4-6-15(12-17)24-21(25)19-14(2)10-11-23-20(19)22/h4-13H,3H2,1-2H3,(H2,22,23)(H,24,25). The Balaban J connectivity index is 1.76. The highest BCUT2D eigenvalue weighted by molar-refractivity contribution is 6.08. The highest BCUT2D eigenvalue weighted by atomic mass is 16.5. The second kappa shape index (κ2) is 8.23. The molecule has 1 amide bonds. The molecule has 0 saturated carbocycles. The number of nitrogens with zero attached hydrogens (tertiary/aromatic N) is 1. The highest BCUT2D eigenvalue weighted by Crippen LogP contribution is 2.27. The van der Waals surface area contributed by atoms with Gasteiger partial charge in [0.05, 0.1) is 12.2 Å². The van der Waals surface area contributed by atoms with E-state index in [4.69, 9.17) is 15.2 Å². The van der Waals surface area contributed by atoms with E-state index in [1.54, 1.807) is 30.5 Å². The van der Waals surface area contributed by atoms with E-state index in [-0.39, 0.29) is 11.7 Å². The lowest BCUT2D eigenvalue weighted by Crippen LogP contribution is -2.16. The van der Waals surface area contributed by atoms with E-state index in [0.29, 0.717) is 29.4 Å². The molecule has 0 fully saturated rings. The summed E-state index contributed by atoms with van der Waals surface area (Å²) in [6.45, 7) is 4.33. The molecule has 1 aromatic heterocycles. The van der Waals surface area contributed by atoms with E-state index >= 15 is 0 Å². The SMILES string of the molecule is CCOc1cccc(Oc2cccc(NC(=O)c3c(C)ccnc3N)c2)c1. The smallest absolute Gasteiger partial charge is 0.259 e. The maximum absolute atomic E-state index is 12.6. The van der Waals surface area contributed by atoms with Crippen molar-refractivity contribution in [1.29, 1.82) is 0 Å². The summed E-state index contributed by atoms with van der Waals surface area (Å²) in [5.74, 6) is 1.87. The number of benzene rings is 2. The van der Waals surface area contributed by atoms with E-state index in [0.717, 1.165) is 11.3 Å². The van der Waals surface area contributed by atoms with Gasteiger partial charge in [-0.25, -0.2) is 4.98 Å². The number of carbonyl (C=O) groups is 1. The minimum absolute atomic E-state index is 0.202. The van der Waals surface area contributed by atoms with Crippen LogP contribution in [0.3, 0.4) is 0 Å². The normalized spacial score (nSPS) is 10.3. The van der Waals surface area contributed by atoms with Gasteiger partial charge in [0.2, 0.25) is 0 Å². The van der Waals surface area contributed by atoms with Crippen molar-refractivity contribution in [2.75, 3.05) is 17.7 Å². The van der Waals surface area contributed by atoms with Crippen LogP contribution in [0.15, 0.2) is 60.8 Å². The van der Waals surface area contributed by atoms with Crippen molar-refractivity contribution in [3.63, 3.8) is 0 Å². The first-order valence-electron chi connectivity index (χ1n) is 8.60. The average Bonchev–Trinajstić information content (AvgIpc) is 2.62. The summed E-state index contributed by atoms with van der Waals surface area (Å²) in [6.07, 6.45) is 1.58. The molecule has 0 aliphatic carbocycles. The van der Waals surface area contributed by atoms with Crippen molar-refractivity contribution in [3.8, 4) is 17.2 Å². The summed E-state index contributed by atoms with van der Waals surface area (Å²) in [7, 11) is 0. The molecule has 0 radical (unpaired) electrons. The largest absolute Gasteiger partial charge is 0.494 e. The topological polar surface area (TPSA) is 86.5 Å². The predicted octanol–water partition coefficient (Wildman–Crippen LogP) is 4.42. The van der Waals surface area contributed by atoms with Crippen LogP contribution in [0.25, 0.3) is 0 Å². The van der Waals surface area contributed by atoms with Gasteiger partial charge < -0.3 is 20.5 Å². The van der Waals surface area contributed by atoms with Crippen LogP contribution in [0.2, 0.25) is 0 Å². The molecule has 138 valence electrons. The van der Waals surface area contributed by atoms with Crippen LogP contribution in [-0.4, -0.2) is 17.5 Å². The fourth-order valence-electron chi connectivity index (χ4n) is 2.64. The fourth-order valence-corrected chi connectivity index (χ4v) is 2.64. The van der Waals surface area contributed by atoms with Gasteiger partial charge in [0.25, 0.3) is 5.91 Å². The Morgan fingerprint density at radius 3 is 2.52 bits per heavy atom. The van der Waals surface area contributed by atoms with Gasteiger partial charge >= 0.3 is 0 Å². The lowest BCUT2D eigenvalue weighted by atomic mass is 10.1. The van der Waals surface area contributed by atoms with E-state index in [1.807, 2.05) is 44.2 Å². The molecule has 3 N–H and O–H groups in total. The maximum atomic E-state index is 12.6. The Labute approximate surface area is 158 Å². The summed E-state index contributed by atoms with van der Waals surface area (Å²) in [5, 5.41) is 2.83. The third-order valence-corrected chi connectivity index (χ3v) is 3.86. The first-order valence-corrected chi connectivity index (χ1v) is 8.60. The number of pyridine rings is 1. The number of rotatable bonds is 6. The van der Waals surface area contributed by atoms with E-state index < -0.39 is 0 Å². The summed E-state index contributed by atoms with van der Waals surface area (Å²) >= 11 is 0. The van der Waals surface area contributed by atoms with E-state index in [1.165, 1.54) is 0 Å². The molecule has 0 bridgehead atoms. The zero-order chi connectivity index (χ0) is 19.2. The Hall–Kier alpha value is -3.54. The number of nitrogens with two attached hydrogens (primary N) is 1. The van der Waals surface area contributed by atoms with Crippen molar-refractivity contribution in [2.45, 2.75) is 13.8 Å². The van der Waals surface area contributed by atoms with Gasteiger partial charge in [0, 0.05) is 24.0 Å². The third kappa shape index (κ3) is 4.55. The van der Waals surface area contributed by atoms with E-state index in [2.05, 4.69) is 10.3 Å². The van der Waals surface area contributed by atoms with Crippen LogP contribution in [0.4, 0.5) is 11.5 Å². The number of hydrogen-bond acceptors (Lipinski definition) is 5. The van der Waals surface area contributed by atoms with Gasteiger partial charge in [-0.05, 0) is 49.7 Å². The van der Waals surface area contributed by atoms with Crippen molar-refractivity contribution < 1.29 is 14.3 Å². The Kier molecular flexibility index (Phi) is 5.56. The average molecular weight is 363 g/mol. The van der Waals surface area contributed by atoms with Crippen molar-refractivity contribution in [1.82, 2.24) is 4.98 Å². The lowest BCUT2D eigenvalue weighted by molar-refractivity contribution is 0.102. The van der Waals surface area contributed by atoms with Gasteiger partial charge in [-0.15, -0.1) is 0 Å². The monoisotopic (exact) mass is 363 g/mol. The quantitative estimate of drug-likeness (QED) is 0.677. The molecule has 3 rings (SSSR count). The summed E-state index contributed by atoms with van der Waals surface area (Å²) in [6, 6.07) is 16.3. The van der Waals surface area contributed by atoms with Crippen LogP contribution >= 0.6 is 0 Å². The minimum Gasteiger partial charge on any atom is -0.494 e. The zero-order valence-electron chi connectivity index (χ0n) is 15.2. The van der Waals surface area contributed by atoms with Crippen molar-refractivity contribution >= 4 is 17.4 Å². The molecule has 0 unspecified atom stereocenters. The molecule has 1 heterocycles. The van der Waals surface area contributed by atoms with Crippen LogP contribution in [-0.2, 0) is 0 Å². The Morgan fingerprint density at radius 1 is 1.07 bits per heavy atom. The molecule has 0 spiro atoms. The van der Waals surface area contributed by atoms with Gasteiger partial charge in [-0.1, -0.05) is 12.1 Å². The number of ether oxygens (including phenoxy) is 2. The molecule has 0 saturated heterocycles. The lowest BCUT2D eigenvalue weighted by Gasteiger charge is -2.11. The molecule has 2 aromatic carbocycles. The van der Waals surface area contributed by atoms with Gasteiger partial charge in [0.15, 0.2) is 0 Å². The molecular formula is C21H21N3O3. The molecule has 3 aromatic rings. The Morgan fingerprint density at radius 2 is 1.78 bits per heavy atom. The highest BCUT2D eigenvalue weighted by Gasteiger charge is 2.14. The first-order chi connectivity index (χ1) is 13.1. The number of nitrogens with one attached hydrogen (secondary N) is 1. The van der Waals surface area contributed by atoms with Crippen LogP contribution in [0.1, 0.15) is 22.8 Å². The zero-order valence-corrected chi connectivity index (χ0v) is 15.2. The van der Waals surface area contributed by atoms with Crippen molar-refractivity contribution in [3.05, 3.63) is 71.9 Å². The molecule has 6 heteroatoms. The third-order valence-electron chi connectivity index (χ3n) is 3.86. The van der Waals surface area contributed by atoms with E-state index in [9.17, 15) is 4.79 Å². The van der Waals surface area contributed by atoms with Crippen molar-refractivity contribution in [2.24, 2.45) is 0 Å². The number of aryl methyl sites for hydroxylation is 1. The number of nitrogen functional groups attached to an aromatic ring is 1. The molecule has 27 heavy (non-hydrogen) atoms. The summed E-state index contributed by atoms with van der Waals surface area (Å²) in [4.78, 5) is 16.5. The van der Waals surface area contributed by atoms with Gasteiger partial charge in [-0.3, -0.25) is 4.79 Å². The second-order valence-corrected chi connectivity index (χ2v) is 5.88.